The lowest BCUT2D eigenvalue weighted by molar-refractivity contribution is -0.394. The number of nitrogens with zero attached hydrogens (tertiary/aromatic N) is 4. The summed E-state index contributed by atoms with van der Waals surface area (Å²) in [4.78, 5) is 42.4. The second-order valence-corrected chi connectivity index (χ2v) is 5.22. The highest BCUT2D eigenvalue weighted by Gasteiger charge is 2.24. The highest BCUT2D eigenvalue weighted by Crippen LogP contribution is 2.35. The topological polar surface area (TPSA) is 191 Å². The van der Waals surface area contributed by atoms with E-state index in [1.54, 1.807) is 0 Å². The number of benzene rings is 2. The monoisotopic (exact) mass is 384 g/mol. The molecule has 140 valence electrons. The van der Waals surface area contributed by atoms with Crippen molar-refractivity contribution in [3.63, 3.8) is 0 Å². The average Bonchev–Trinajstić information content (AvgIpc) is 2.66. The molecule has 0 saturated heterocycles. The van der Waals surface area contributed by atoms with Crippen molar-refractivity contribution in [1.29, 1.82) is 5.26 Å². The van der Waals surface area contributed by atoms with Crippen LogP contribution in [0.5, 0.6) is 5.75 Å². The summed E-state index contributed by atoms with van der Waals surface area (Å²) in [6.07, 6.45) is 0.733. The molecule has 12 nitrogen and oxygen atoms in total. The first-order valence-electron chi connectivity index (χ1n) is 7.22. The van der Waals surface area contributed by atoms with Gasteiger partial charge in [0.2, 0.25) is 11.5 Å². The second kappa shape index (κ2) is 7.70. The molecule has 0 radical (unpaired) electrons. The van der Waals surface area contributed by atoms with Gasteiger partial charge < -0.3 is 5.11 Å². The number of allylic oxidation sites excluding steroid dienone is 1. The molecule has 0 aromatic heterocycles. The molecule has 2 aromatic carbocycles. The van der Waals surface area contributed by atoms with Crippen LogP contribution in [0.3, 0.4) is 0 Å². The van der Waals surface area contributed by atoms with Gasteiger partial charge in [0.05, 0.1) is 20.8 Å². The molecule has 2 aromatic rings. The first-order chi connectivity index (χ1) is 13.1. The lowest BCUT2D eigenvalue weighted by Gasteiger charge is -2.03. The summed E-state index contributed by atoms with van der Waals surface area (Å²) in [7, 11) is 0. The van der Waals surface area contributed by atoms with E-state index in [-0.39, 0.29) is 5.56 Å². The van der Waals surface area contributed by atoms with Crippen molar-refractivity contribution >= 4 is 28.9 Å². The third-order valence-corrected chi connectivity index (χ3v) is 3.50. The van der Waals surface area contributed by atoms with Crippen molar-refractivity contribution in [3.8, 4) is 11.8 Å². The van der Waals surface area contributed by atoms with Gasteiger partial charge in [-0.2, -0.15) is 5.26 Å². The third kappa shape index (κ3) is 3.94. The maximum Gasteiger partial charge on any atom is 0.318 e. The fraction of sp³-hybridized carbons (Fsp3) is 0. The molecule has 0 atom stereocenters. The predicted octanol–water partition coefficient (Wildman–Crippen LogP) is 2.91. The van der Waals surface area contributed by atoms with Crippen LogP contribution in [-0.4, -0.2) is 25.7 Å². The van der Waals surface area contributed by atoms with Crippen LogP contribution in [0.4, 0.5) is 17.1 Å². The van der Waals surface area contributed by atoms with Crippen LogP contribution >= 0.6 is 0 Å². The van der Waals surface area contributed by atoms with E-state index in [1.165, 1.54) is 18.2 Å². The van der Waals surface area contributed by atoms with Crippen LogP contribution in [0.25, 0.3) is 6.08 Å². The van der Waals surface area contributed by atoms with Gasteiger partial charge in [0, 0.05) is 29.3 Å². The van der Waals surface area contributed by atoms with Crippen LogP contribution in [-0.2, 0) is 0 Å². The van der Waals surface area contributed by atoms with Crippen LogP contribution in [0.15, 0.2) is 42.0 Å². The Morgan fingerprint density at radius 3 is 2.18 bits per heavy atom. The summed E-state index contributed by atoms with van der Waals surface area (Å²) < 4.78 is 0. The first-order valence-corrected chi connectivity index (χ1v) is 7.22. The van der Waals surface area contributed by atoms with Crippen LogP contribution in [0, 0.1) is 41.7 Å². The number of nitriles is 1. The number of ketones is 1. The number of Topliss-reactive ketones (excluding diaryl/α,β-unsaturated/α-hetero) is 1. The molecule has 28 heavy (non-hydrogen) atoms. The Hall–Kier alpha value is -4.66. The van der Waals surface area contributed by atoms with Gasteiger partial charge >= 0.3 is 5.69 Å². The molecule has 1 N–H and O–H groups in total. The summed E-state index contributed by atoms with van der Waals surface area (Å²) in [6, 6.07) is 7.26. The van der Waals surface area contributed by atoms with E-state index in [1.807, 2.05) is 0 Å². The Morgan fingerprint density at radius 2 is 1.64 bits per heavy atom. The van der Waals surface area contributed by atoms with Crippen molar-refractivity contribution in [1.82, 2.24) is 0 Å². The molecule has 0 amide bonds. The van der Waals surface area contributed by atoms with E-state index >= 15 is 0 Å². The van der Waals surface area contributed by atoms with E-state index in [0.29, 0.717) is 6.07 Å². The van der Waals surface area contributed by atoms with Gasteiger partial charge in [0.15, 0.2) is 0 Å². The molecule has 0 saturated carbocycles. The quantitative estimate of drug-likeness (QED) is 0.256. The number of nitro groups is 3. The van der Waals surface area contributed by atoms with E-state index < -0.39 is 54.5 Å². The number of nitro benzene ring substituents is 3. The number of rotatable bonds is 6. The average molecular weight is 384 g/mol. The SMILES string of the molecule is N#C/C(=C\c1cc([N+](=O)[O-])cc([N+](=O)[O-])c1O)C(=O)c1cccc([N+](=O)[O-])c1. The van der Waals surface area contributed by atoms with Crippen molar-refractivity contribution < 1.29 is 24.7 Å². The summed E-state index contributed by atoms with van der Waals surface area (Å²) >= 11 is 0. The zero-order valence-corrected chi connectivity index (χ0v) is 13.6. The third-order valence-electron chi connectivity index (χ3n) is 3.50. The van der Waals surface area contributed by atoms with Crippen molar-refractivity contribution in [2.75, 3.05) is 0 Å². The van der Waals surface area contributed by atoms with Crippen molar-refractivity contribution in [2.24, 2.45) is 0 Å². The Balaban J connectivity index is 2.61. The first kappa shape index (κ1) is 19.7. The van der Waals surface area contributed by atoms with Crippen molar-refractivity contribution in [3.05, 3.63) is 83.4 Å². The minimum absolute atomic E-state index is 0.221. The fourth-order valence-electron chi connectivity index (χ4n) is 2.20. The number of non-ortho nitro benzene ring substituents is 2. The predicted molar refractivity (Wildman–Crippen MR) is 92.4 cm³/mol. The minimum atomic E-state index is -1.06. The van der Waals surface area contributed by atoms with Gasteiger partial charge in [-0.25, -0.2) is 0 Å². The maximum absolute atomic E-state index is 12.4. The molecule has 12 heteroatoms. The van der Waals surface area contributed by atoms with E-state index in [9.17, 15) is 45.5 Å². The molecule has 0 fully saturated rings. The van der Waals surface area contributed by atoms with Gasteiger partial charge in [0.1, 0.15) is 11.6 Å². The highest BCUT2D eigenvalue weighted by atomic mass is 16.6. The largest absolute Gasteiger partial charge is 0.502 e. The molecule has 0 unspecified atom stereocenters. The number of phenolic OH excluding ortho intramolecular Hbond substituents is 1. The summed E-state index contributed by atoms with van der Waals surface area (Å²) in [5.41, 5.74) is -3.50. The number of hydrogen-bond acceptors (Lipinski definition) is 9. The standard InChI is InChI=1S/C16H8N4O8/c17-8-11(15(21)9-2-1-3-12(5-9)18(23)24)4-10-6-13(19(25)26)7-14(16(10)22)20(27)28/h1-7,22H/b11-4+. The van der Waals surface area contributed by atoms with Gasteiger partial charge in [-0.05, 0) is 6.08 Å². The number of phenols is 1. The molecule has 0 bridgehead atoms. The van der Waals surface area contributed by atoms with Crippen molar-refractivity contribution in [2.45, 2.75) is 0 Å². The Bertz CT molecular complexity index is 1100. The van der Waals surface area contributed by atoms with E-state index in [2.05, 4.69) is 0 Å². The summed E-state index contributed by atoms with van der Waals surface area (Å²) in [5, 5.41) is 51.9. The molecule has 0 spiro atoms. The zero-order valence-electron chi connectivity index (χ0n) is 13.6. The van der Waals surface area contributed by atoms with E-state index in [0.717, 1.165) is 24.3 Å². The van der Waals surface area contributed by atoms with Crippen LogP contribution < -0.4 is 0 Å². The number of carbonyl (C=O) groups is 1. The molecule has 0 aliphatic heterocycles. The second-order valence-electron chi connectivity index (χ2n) is 5.22. The zero-order chi connectivity index (χ0) is 21.0. The Labute approximate surface area is 155 Å². The lowest BCUT2D eigenvalue weighted by atomic mass is 10.0. The molecule has 0 heterocycles. The Kier molecular flexibility index (Phi) is 5.41. The smallest absolute Gasteiger partial charge is 0.318 e. The van der Waals surface area contributed by atoms with Gasteiger partial charge in [0.25, 0.3) is 11.4 Å². The van der Waals surface area contributed by atoms with E-state index in [4.69, 9.17) is 0 Å². The lowest BCUT2D eigenvalue weighted by Crippen LogP contribution is -2.03. The van der Waals surface area contributed by atoms with Gasteiger partial charge in [-0.1, -0.05) is 12.1 Å². The number of aromatic hydroxyl groups is 1. The Morgan fingerprint density at radius 1 is 1.00 bits per heavy atom. The molecule has 0 aliphatic rings. The maximum atomic E-state index is 12.4. The normalized spacial score (nSPS) is 10.8. The van der Waals surface area contributed by atoms with Crippen LogP contribution in [0.2, 0.25) is 0 Å². The van der Waals surface area contributed by atoms with Gasteiger partial charge in [-0.3, -0.25) is 35.1 Å². The fourth-order valence-corrected chi connectivity index (χ4v) is 2.20. The molecule has 0 aliphatic carbocycles. The molecule has 2 rings (SSSR count). The summed E-state index contributed by atoms with van der Waals surface area (Å²) in [5.74, 6) is -1.95. The molecular weight excluding hydrogens is 376 g/mol. The number of hydrogen-bond donors (Lipinski definition) is 1. The highest BCUT2D eigenvalue weighted by molar-refractivity contribution is 6.14. The number of carbonyl (C=O) groups excluding carboxylic acids is 1. The molecular formula is C16H8N4O8. The van der Waals surface area contributed by atoms with Gasteiger partial charge in [-0.15, -0.1) is 0 Å². The van der Waals surface area contributed by atoms with Crippen LogP contribution in [0.1, 0.15) is 15.9 Å². The summed E-state index contributed by atoms with van der Waals surface area (Å²) in [6.45, 7) is 0. The minimum Gasteiger partial charge on any atom is -0.502 e.